The zero-order valence-corrected chi connectivity index (χ0v) is 13.8. The van der Waals surface area contributed by atoms with Crippen LogP contribution in [0.15, 0.2) is 48.8 Å². The monoisotopic (exact) mass is 367 g/mol. The first-order valence-corrected chi connectivity index (χ1v) is 8.48. The van der Waals surface area contributed by atoms with Crippen molar-refractivity contribution in [3.63, 3.8) is 0 Å². The molecule has 0 saturated carbocycles. The fourth-order valence-corrected chi connectivity index (χ4v) is 3.18. The number of carboxylic acid groups (broad SMARTS) is 1. The standard InChI is InChI=1S/C14H14N3O7P/c1-10(14(18)19)16-25(22,24-13-3-2-8-15-9-13)23-12-6-4-11(5-7-12)17(20)21/h2-10H,1H3,(H,16,22)(H,18,19). The molecule has 132 valence electrons. The van der Waals surface area contributed by atoms with Gasteiger partial charge in [-0.15, -0.1) is 0 Å². The minimum atomic E-state index is -4.15. The Kier molecular flexibility index (Phi) is 5.68. The molecular weight excluding hydrogens is 353 g/mol. The average Bonchev–Trinajstić information content (AvgIpc) is 2.55. The lowest BCUT2D eigenvalue weighted by molar-refractivity contribution is -0.384. The molecule has 0 bridgehead atoms. The average molecular weight is 367 g/mol. The summed E-state index contributed by atoms with van der Waals surface area (Å²) < 4.78 is 23.4. The maximum Gasteiger partial charge on any atom is 0.513 e. The van der Waals surface area contributed by atoms with Gasteiger partial charge >= 0.3 is 13.7 Å². The van der Waals surface area contributed by atoms with Crippen molar-refractivity contribution in [1.29, 1.82) is 0 Å². The number of nitro benzene ring substituents is 1. The Hall–Kier alpha value is -2.97. The number of hydrogen-bond acceptors (Lipinski definition) is 7. The minimum absolute atomic E-state index is 0.00270. The van der Waals surface area contributed by atoms with Crippen molar-refractivity contribution in [2.45, 2.75) is 13.0 Å². The highest BCUT2D eigenvalue weighted by atomic mass is 31.2. The predicted octanol–water partition coefficient (Wildman–Crippen LogP) is 2.62. The summed E-state index contributed by atoms with van der Waals surface area (Å²) in [5.74, 6) is -1.16. The Labute approximate surface area is 142 Å². The van der Waals surface area contributed by atoms with Crippen LogP contribution in [-0.4, -0.2) is 27.0 Å². The molecule has 25 heavy (non-hydrogen) atoms. The predicted molar refractivity (Wildman–Crippen MR) is 86.4 cm³/mol. The van der Waals surface area contributed by atoms with E-state index in [0.717, 1.165) is 12.1 Å². The number of nitro groups is 1. The summed E-state index contributed by atoms with van der Waals surface area (Å²) in [5, 5.41) is 21.9. The van der Waals surface area contributed by atoms with Crippen LogP contribution in [0.2, 0.25) is 0 Å². The molecule has 0 fully saturated rings. The number of carbonyl (C=O) groups is 1. The second-order valence-corrected chi connectivity index (χ2v) is 6.43. The molecular formula is C14H14N3O7P. The molecule has 2 unspecified atom stereocenters. The number of hydrogen-bond donors (Lipinski definition) is 2. The van der Waals surface area contributed by atoms with Gasteiger partial charge in [0, 0.05) is 18.3 Å². The molecule has 0 aliphatic rings. The van der Waals surface area contributed by atoms with Gasteiger partial charge in [0.2, 0.25) is 0 Å². The maximum absolute atomic E-state index is 12.9. The van der Waals surface area contributed by atoms with Gasteiger partial charge in [-0.2, -0.15) is 5.09 Å². The number of pyridine rings is 1. The van der Waals surface area contributed by atoms with Crippen molar-refractivity contribution >= 4 is 19.4 Å². The second kappa shape index (κ2) is 7.73. The maximum atomic E-state index is 12.9. The largest absolute Gasteiger partial charge is 0.513 e. The van der Waals surface area contributed by atoms with Crippen LogP contribution in [-0.2, 0) is 9.36 Å². The highest BCUT2D eigenvalue weighted by molar-refractivity contribution is 7.52. The van der Waals surface area contributed by atoms with Gasteiger partial charge in [-0.25, -0.2) is 4.57 Å². The van der Waals surface area contributed by atoms with Gasteiger partial charge in [0.25, 0.3) is 5.69 Å². The first kappa shape index (κ1) is 18.4. The highest BCUT2D eigenvalue weighted by Crippen LogP contribution is 2.45. The van der Waals surface area contributed by atoms with Gasteiger partial charge in [-0.05, 0) is 31.2 Å². The zero-order chi connectivity index (χ0) is 18.4. The van der Waals surface area contributed by atoms with E-state index in [2.05, 4.69) is 10.1 Å². The summed E-state index contributed by atoms with van der Waals surface area (Å²) in [6.45, 7) is 1.26. The molecule has 0 radical (unpaired) electrons. The number of aromatic nitrogens is 1. The third-order valence-electron chi connectivity index (χ3n) is 2.86. The molecule has 1 heterocycles. The molecule has 2 rings (SSSR count). The van der Waals surface area contributed by atoms with Crippen LogP contribution in [0, 0.1) is 10.1 Å². The fourth-order valence-electron chi connectivity index (χ4n) is 1.67. The van der Waals surface area contributed by atoms with Crippen molar-refractivity contribution in [2.24, 2.45) is 0 Å². The van der Waals surface area contributed by atoms with Crippen molar-refractivity contribution in [2.75, 3.05) is 0 Å². The first-order valence-electron chi connectivity index (χ1n) is 6.93. The van der Waals surface area contributed by atoms with Crippen LogP contribution in [0.3, 0.4) is 0 Å². The summed E-state index contributed by atoms with van der Waals surface area (Å²) in [6.07, 6.45) is 2.75. The van der Waals surface area contributed by atoms with E-state index >= 15 is 0 Å². The van der Waals surface area contributed by atoms with E-state index in [4.69, 9.17) is 14.2 Å². The van der Waals surface area contributed by atoms with Crippen molar-refractivity contribution < 1.29 is 28.4 Å². The van der Waals surface area contributed by atoms with Gasteiger partial charge < -0.3 is 14.2 Å². The first-order chi connectivity index (χ1) is 11.8. The third-order valence-corrected chi connectivity index (χ3v) is 4.46. The smallest absolute Gasteiger partial charge is 0.480 e. The fraction of sp³-hybridized carbons (Fsp3) is 0.143. The lowest BCUT2D eigenvalue weighted by atomic mass is 10.3. The van der Waals surface area contributed by atoms with Crippen LogP contribution >= 0.6 is 7.75 Å². The zero-order valence-electron chi connectivity index (χ0n) is 12.9. The molecule has 0 saturated heterocycles. The number of carboxylic acids is 1. The summed E-state index contributed by atoms with van der Waals surface area (Å²) in [4.78, 5) is 24.9. The van der Waals surface area contributed by atoms with Gasteiger partial charge in [0.05, 0.1) is 11.1 Å². The van der Waals surface area contributed by atoms with Gasteiger partial charge in [0.1, 0.15) is 17.5 Å². The molecule has 10 nitrogen and oxygen atoms in total. The van der Waals surface area contributed by atoms with Crippen molar-refractivity contribution in [3.05, 3.63) is 58.9 Å². The topological polar surface area (TPSA) is 141 Å². The van der Waals surface area contributed by atoms with Crippen LogP contribution in [0.25, 0.3) is 0 Å². The third kappa shape index (κ3) is 5.27. The molecule has 0 aliphatic heterocycles. The Bertz CT molecular complexity index is 798. The molecule has 2 atom stereocenters. The Balaban J connectivity index is 2.25. The van der Waals surface area contributed by atoms with E-state index in [1.807, 2.05) is 0 Å². The van der Waals surface area contributed by atoms with Crippen LogP contribution in [0.1, 0.15) is 6.92 Å². The second-order valence-electron chi connectivity index (χ2n) is 4.81. The van der Waals surface area contributed by atoms with E-state index in [0.29, 0.717) is 0 Å². The molecule has 2 aromatic rings. The van der Waals surface area contributed by atoms with Crippen molar-refractivity contribution in [1.82, 2.24) is 10.1 Å². The molecule has 1 aromatic carbocycles. The number of non-ortho nitro benzene ring substituents is 1. The number of benzene rings is 1. The molecule has 1 aromatic heterocycles. The highest BCUT2D eigenvalue weighted by Gasteiger charge is 2.33. The normalized spacial score (nSPS) is 14.1. The van der Waals surface area contributed by atoms with Crippen molar-refractivity contribution in [3.8, 4) is 11.5 Å². The van der Waals surface area contributed by atoms with E-state index < -0.39 is 24.7 Å². The summed E-state index contributed by atoms with van der Waals surface area (Å²) in [6, 6.07) is 6.53. The Morgan fingerprint density at radius 3 is 2.44 bits per heavy atom. The van der Waals surface area contributed by atoms with E-state index in [9.17, 15) is 19.5 Å². The quantitative estimate of drug-likeness (QED) is 0.409. The number of aliphatic carboxylic acids is 1. The number of nitrogens with zero attached hydrogens (tertiary/aromatic N) is 2. The summed E-state index contributed by atoms with van der Waals surface area (Å²) in [5.41, 5.74) is -0.178. The van der Waals surface area contributed by atoms with Gasteiger partial charge in [-0.1, -0.05) is 0 Å². The van der Waals surface area contributed by atoms with Gasteiger partial charge in [-0.3, -0.25) is 19.9 Å². The van der Waals surface area contributed by atoms with E-state index in [1.54, 1.807) is 0 Å². The lowest BCUT2D eigenvalue weighted by Gasteiger charge is -2.21. The molecule has 2 N–H and O–H groups in total. The Morgan fingerprint density at radius 1 is 1.28 bits per heavy atom. The van der Waals surface area contributed by atoms with Gasteiger partial charge in [0.15, 0.2) is 0 Å². The molecule has 11 heteroatoms. The Morgan fingerprint density at radius 2 is 1.92 bits per heavy atom. The molecule has 0 spiro atoms. The SMILES string of the molecule is CC(NP(=O)(Oc1ccc([N+](=O)[O-])cc1)Oc1cccnc1)C(=O)O. The minimum Gasteiger partial charge on any atom is -0.480 e. The van der Waals surface area contributed by atoms with E-state index in [-0.39, 0.29) is 17.2 Å². The molecule has 0 amide bonds. The lowest BCUT2D eigenvalue weighted by Crippen LogP contribution is -2.34. The summed E-state index contributed by atoms with van der Waals surface area (Å²) >= 11 is 0. The van der Waals surface area contributed by atoms with Crippen LogP contribution in [0.5, 0.6) is 11.5 Å². The van der Waals surface area contributed by atoms with Crippen LogP contribution in [0.4, 0.5) is 5.69 Å². The van der Waals surface area contributed by atoms with Crippen LogP contribution < -0.4 is 14.1 Å². The number of rotatable bonds is 8. The molecule has 0 aliphatic carbocycles. The number of nitrogens with one attached hydrogen (secondary N) is 1. The van der Waals surface area contributed by atoms with E-state index in [1.165, 1.54) is 43.6 Å². The summed E-state index contributed by atoms with van der Waals surface area (Å²) in [7, 11) is -4.15.